The van der Waals surface area contributed by atoms with Crippen molar-refractivity contribution >= 4 is 40.2 Å². The predicted molar refractivity (Wildman–Crippen MR) is 108 cm³/mol. The van der Waals surface area contributed by atoms with E-state index in [9.17, 15) is 9.59 Å². The minimum atomic E-state index is -0.273. The number of thioether (sulfide) groups is 1. The minimum absolute atomic E-state index is 0.112. The van der Waals surface area contributed by atoms with Crippen LogP contribution in [0.1, 0.15) is 23.4 Å². The molecule has 0 bridgehead atoms. The Morgan fingerprint density at radius 3 is 2.79 bits per heavy atom. The largest absolute Gasteiger partial charge is 0.326 e. The maximum absolute atomic E-state index is 12.4. The molecule has 4 aromatic rings. The van der Waals surface area contributed by atoms with Crippen LogP contribution in [0.2, 0.25) is 0 Å². The molecule has 9 nitrogen and oxygen atoms in total. The summed E-state index contributed by atoms with van der Waals surface area (Å²) in [6.45, 7) is 3.88. The van der Waals surface area contributed by atoms with Gasteiger partial charge >= 0.3 is 5.69 Å². The molecular formula is C18H19N7O2S. The number of imidazole rings is 1. The fourth-order valence-electron chi connectivity index (χ4n) is 3.21. The highest BCUT2D eigenvalue weighted by molar-refractivity contribution is 7.98. The first-order chi connectivity index (χ1) is 13.4. The molecule has 3 N–H and O–H groups in total. The van der Waals surface area contributed by atoms with E-state index in [0.717, 1.165) is 17.0 Å². The van der Waals surface area contributed by atoms with Gasteiger partial charge in [-0.15, -0.1) is 5.10 Å². The lowest BCUT2D eigenvalue weighted by Crippen LogP contribution is -2.14. The molecule has 0 radical (unpaired) electrons. The van der Waals surface area contributed by atoms with Gasteiger partial charge in [0, 0.05) is 23.5 Å². The van der Waals surface area contributed by atoms with Crippen LogP contribution in [0.15, 0.2) is 28.2 Å². The highest BCUT2D eigenvalue weighted by atomic mass is 32.2. The Kier molecular flexibility index (Phi) is 4.63. The van der Waals surface area contributed by atoms with Crippen molar-refractivity contribution in [1.29, 1.82) is 0 Å². The number of hydrogen-bond acceptors (Lipinski definition) is 6. The third-order valence-corrected chi connectivity index (χ3v) is 5.15. The molecule has 0 saturated carbocycles. The molecule has 28 heavy (non-hydrogen) atoms. The zero-order valence-corrected chi connectivity index (χ0v) is 16.5. The quantitative estimate of drug-likeness (QED) is 0.444. The zero-order valence-electron chi connectivity index (χ0n) is 15.7. The fraction of sp³-hybridized carbons (Fsp3) is 0.278. The Balaban J connectivity index is 1.50. The van der Waals surface area contributed by atoms with Crippen LogP contribution in [0.4, 0.5) is 5.69 Å². The molecule has 0 aliphatic heterocycles. The minimum Gasteiger partial charge on any atom is -0.326 e. The maximum atomic E-state index is 12.4. The van der Waals surface area contributed by atoms with Crippen molar-refractivity contribution in [2.75, 3.05) is 11.6 Å². The number of amides is 1. The number of fused-ring (bicyclic) bond motifs is 2. The van der Waals surface area contributed by atoms with Gasteiger partial charge in [-0.25, -0.2) is 14.3 Å². The van der Waals surface area contributed by atoms with Crippen molar-refractivity contribution in [1.82, 2.24) is 29.5 Å². The lowest BCUT2D eigenvalue weighted by molar-refractivity contribution is -0.116. The summed E-state index contributed by atoms with van der Waals surface area (Å²) in [7, 11) is 0. The van der Waals surface area contributed by atoms with Crippen molar-refractivity contribution in [2.24, 2.45) is 0 Å². The normalized spacial score (nSPS) is 11.4. The van der Waals surface area contributed by atoms with E-state index in [0.29, 0.717) is 40.5 Å². The molecule has 1 aromatic carbocycles. The van der Waals surface area contributed by atoms with Gasteiger partial charge in [0.25, 0.3) is 5.78 Å². The number of rotatable bonds is 5. The van der Waals surface area contributed by atoms with Gasteiger partial charge in [-0.2, -0.15) is 4.98 Å². The van der Waals surface area contributed by atoms with Crippen LogP contribution in [0.3, 0.4) is 0 Å². The molecular weight excluding hydrogens is 378 g/mol. The van der Waals surface area contributed by atoms with Crippen molar-refractivity contribution in [3.63, 3.8) is 0 Å². The highest BCUT2D eigenvalue weighted by Crippen LogP contribution is 2.19. The van der Waals surface area contributed by atoms with Gasteiger partial charge in [-0.1, -0.05) is 11.8 Å². The van der Waals surface area contributed by atoms with Gasteiger partial charge in [0.15, 0.2) is 0 Å². The number of H-pyrrole nitrogens is 2. The average molecular weight is 397 g/mol. The molecule has 0 saturated heterocycles. The van der Waals surface area contributed by atoms with E-state index in [-0.39, 0.29) is 11.6 Å². The second kappa shape index (κ2) is 7.12. The maximum Gasteiger partial charge on any atom is 0.323 e. The van der Waals surface area contributed by atoms with Crippen LogP contribution < -0.4 is 11.0 Å². The second-order valence-corrected chi connectivity index (χ2v) is 7.23. The number of nitrogens with zero attached hydrogens (tertiary/aromatic N) is 4. The van der Waals surface area contributed by atoms with Crippen LogP contribution in [0, 0.1) is 13.8 Å². The summed E-state index contributed by atoms with van der Waals surface area (Å²) >= 11 is 1.47. The van der Waals surface area contributed by atoms with E-state index in [1.165, 1.54) is 11.8 Å². The van der Waals surface area contributed by atoms with Crippen LogP contribution >= 0.6 is 11.8 Å². The summed E-state index contributed by atoms with van der Waals surface area (Å²) in [5.74, 6) is 0.459. The Labute approximate surface area is 164 Å². The second-order valence-electron chi connectivity index (χ2n) is 6.46. The van der Waals surface area contributed by atoms with Crippen LogP contribution in [-0.2, 0) is 11.2 Å². The zero-order chi connectivity index (χ0) is 19.8. The molecule has 0 unspecified atom stereocenters. The number of aryl methyl sites for hydroxylation is 2. The number of carbonyl (C=O) groups excluding carboxylic acids is 1. The number of benzene rings is 1. The number of aromatic nitrogens is 6. The lowest BCUT2D eigenvalue weighted by Gasteiger charge is -2.10. The first-order valence-corrected chi connectivity index (χ1v) is 9.96. The molecule has 0 atom stereocenters. The standard InChI is InChI=1S/C18H19N7O2S/c1-9-12(10(2)25-16(19-9)23-18(24-25)28-3)5-7-15(26)20-11-4-6-13-14(8-11)22-17(27)21-13/h4,6,8H,5,7H2,1-3H3,(H,20,26)(H2,21,22,27). The van der Waals surface area contributed by atoms with Crippen molar-refractivity contribution in [3.8, 4) is 0 Å². The molecule has 10 heteroatoms. The molecule has 3 aromatic heterocycles. The van der Waals surface area contributed by atoms with Gasteiger partial charge in [-0.05, 0) is 50.3 Å². The molecule has 3 heterocycles. The SMILES string of the molecule is CSc1nc2nc(C)c(CCC(=O)Nc3ccc4[nH]c(=O)[nH]c4c3)c(C)n2n1. The van der Waals surface area contributed by atoms with Crippen LogP contribution in [0.5, 0.6) is 0 Å². The van der Waals surface area contributed by atoms with Gasteiger partial charge < -0.3 is 15.3 Å². The van der Waals surface area contributed by atoms with Gasteiger partial charge in [0.2, 0.25) is 11.1 Å². The summed E-state index contributed by atoms with van der Waals surface area (Å²) in [6.07, 6.45) is 2.77. The monoisotopic (exact) mass is 397 g/mol. The fourth-order valence-corrected chi connectivity index (χ4v) is 3.55. The summed E-state index contributed by atoms with van der Waals surface area (Å²) in [4.78, 5) is 38.0. The lowest BCUT2D eigenvalue weighted by atomic mass is 10.1. The van der Waals surface area contributed by atoms with Crippen LogP contribution in [0.25, 0.3) is 16.8 Å². The van der Waals surface area contributed by atoms with Crippen molar-refractivity contribution in [2.45, 2.75) is 31.8 Å². The van der Waals surface area contributed by atoms with E-state index in [2.05, 4.69) is 30.4 Å². The highest BCUT2D eigenvalue weighted by Gasteiger charge is 2.14. The molecule has 0 fully saturated rings. The molecule has 0 spiro atoms. The van der Waals surface area contributed by atoms with E-state index in [1.54, 1.807) is 22.7 Å². The molecule has 0 aliphatic carbocycles. The van der Waals surface area contributed by atoms with E-state index in [1.807, 2.05) is 20.1 Å². The van der Waals surface area contributed by atoms with Gasteiger partial charge in [0.1, 0.15) is 0 Å². The summed E-state index contributed by atoms with van der Waals surface area (Å²) in [6, 6.07) is 5.24. The Hall–Kier alpha value is -3.14. The Morgan fingerprint density at radius 1 is 1.21 bits per heavy atom. The predicted octanol–water partition coefficient (Wildman–Crippen LogP) is 2.20. The molecule has 4 rings (SSSR count). The van der Waals surface area contributed by atoms with Gasteiger partial charge in [0.05, 0.1) is 11.0 Å². The number of nitrogens with one attached hydrogen (secondary N) is 3. The van der Waals surface area contributed by atoms with Gasteiger partial charge in [-0.3, -0.25) is 4.79 Å². The van der Waals surface area contributed by atoms with Crippen molar-refractivity contribution < 1.29 is 4.79 Å². The number of carbonyl (C=O) groups is 1. The summed E-state index contributed by atoms with van der Waals surface area (Å²) in [5.41, 5.74) is 4.50. The smallest absolute Gasteiger partial charge is 0.323 e. The third-order valence-electron chi connectivity index (χ3n) is 4.61. The topological polar surface area (TPSA) is 121 Å². The van der Waals surface area contributed by atoms with E-state index < -0.39 is 0 Å². The van der Waals surface area contributed by atoms with E-state index >= 15 is 0 Å². The summed E-state index contributed by atoms with van der Waals surface area (Å²) in [5, 5.41) is 7.97. The average Bonchev–Trinajstić information content (AvgIpc) is 3.23. The number of aromatic amines is 2. The molecule has 144 valence electrons. The van der Waals surface area contributed by atoms with E-state index in [4.69, 9.17) is 0 Å². The number of hydrogen-bond donors (Lipinski definition) is 3. The Bertz CT molecular complexity index is 1250. The first kappa shape index (κ1) is 18.2. The third kappa shape index (κ3) is 3.38. The van der Waals surface area contributed by atoms with Crippen LogP contribution in [-0.4, -0.2) is 41.7 Å². The summed E-state index contributed by atoms with van der Waals surface area (Å²) < 4.78 is 1.72. The number of anilines is 1. The Morgan fingerprint density at radius 2 is 2.00 bits per heavy atom. The van der Waals surface area contributed by atoms with Crippen molar-refractivity contribution in [3.05, 3.63) is 45.6 Å². The first-order valence-electron chi connectivity index (χ1n) is 8.73. The molecule has 1 amide bonds. The molecule has 0 aliphatic rings.